The Morgan fingerprint density at radius 2 is 1.57 bits per heavy atom. The van der Waals surface area contributed by atoms with Gasteiger partial charge in [0.1, 0.15) is 6.04 Å². The highest BCUT2D eigenvalue weighted by Crippen LogP contribution is 2.17. The molecule has 1 unspecified atom stereocenters. The van der Waals surface area contributed by atoms with E-state index in [2.05, 4.69) is 16.0 Å². The van der Waals surface area contributed by atoms with Crippen molar-refractivity contribution in [2.24, 2.45) is 0 Å². The highest BCUT2D eigenvalue weighted by molar-refractivity contribution is 6.02. The lowest BCUT2D eigenvalue weighted by molar-refractivity contribution is -0.116. The summed E-state index contributed by atoms with van der Waals surface area (Å²) in [6.45, 7) is 1.63. The molecule has 0 saturated heterocycles. The smallest absolute Gasteiger partial charge is 0.291 e. The van der Waals surface area contributed by atoms with Gasteiger partial charge in [-0.05, 0) is 55.5 Å². The van der Waals surface area contributed by atoms with Gasteiger partial charge < -0.3 is 20.4 Å². The van der Waals surface area contributed by atoms with E-state index in [1.165, 1.54) is 12.3 Å². The van der Waals surface area contributed by atoms with Crippen molar-refractivity contribution in [3.63, 3.8) is 0 Å². The molecule has 0 bridgehead atoms. The maximum absolute atomic E-state index is 13.2. The second-order valence-electron chi connectivity index (χ2n) is 5.99. The number of amides is 2. The first-order valence-electron chi connectivity index (χ1n) is 8.40. The Labute approximate surface area is 159 Å². The zero-order valence-electron chi connectivity index (χ0n) is 14.8. The summed E-state index contributed by atoms with van der Waals surface area (Å²) >= 11 is 0. The molecule has 0 fully saturated rings. The van der Waals surface area contributed by atoms with E-state index in [1.807, 2.05) is 0 Å². The van der Waals surface area contributed by atoms with Gasteiger partial charge in [-0.15, -0.1) is 0 Å². The number of nitrogens with one attached hydrogen (secondary N) is 3. The fourth-order valence-corrected chi connectivity index (χ4v) is 2.39. The van der Waals surface area contributed by atoms with Gasteiger partial charge in [0.05, 0.1) is 6.26 Å². The van der Waals surface area contributed by atoms with Gasteiger partial charge in [-0.1, -0.05) is 0 Å². The molecule has 2 aromatic carbocycles. The quantitative estimate of drug-likeness (QED) is 0.592. The number of halogens is 2. The third kappa shape index (κ3) is 4.73. The van der Waals surface area contributed by atoms with Crippen LogP contribution in [0.3, 0.4) is 0 Å². The molecule has 28 heavy (non-hydrogen) atoms. The van der Waals surface area contributed by atoms with Crippen LogP contribution in [-0.4, -0.2) is 17.9 Å². The van der Waals surface area contributed by atoms with Crippen molar-refractivity contribution in [1.29, 1.82) is 0 Å². The van der Waals surface area contributed by atoms with E-state index in [1.54, 1.807) is 43.3 Å². The summed E-state index contributed by atoms with van der Waals surface area (Å²) in [7, 11) is 0. The Kier molecular flexibility index (Phi) is 5.69. The van der Waals surface area contributed by atoms with Gasteiger partial charge in [0.25, 0.3) is 5.91 Å². The van der Waals surface area contributed by atoms with Gasteiger partial charge in [-0.3, -0.25) is 9.59 Å². The molecule has 3 N–H and O–H groups in total. The molecule has 0 saturated carbocycles. The normalized spacial score (nSPS) is 11.5. The van der Waals surface area contributed by atoms with Crippen molar-refractivity contribution in [1.82, 2.24) is 0 Å². The Morgan fingerprint density at radius 3 is 2.21 bits per heavy atom. The van der Waals surface area contributed by atoms with Crippen molar-refractivity contribution in [2.75, 3.05) is 16.0 Å². The molecule has 0 radical (unpaired) electrons. The lowest BCUT2D eigenvalue weighted by Crippen LogP contribution is -2.31. The molecule has 3 rings (SSSR count). The maximum Gasteiger partial charge on any atom is 0.291 e. The zero-order valence-corrected chi connectivity index (χ0v) is 14.8. The number of hydrogen-bond donors (Lipinski definition) is 3. The van der Waals surface area contributed by atoms with Gasteiger partial charge in [-0.25, -0.2) is 8.78 Å². The average molecular weight is 385 g/mol. The van der Waals surface area contributed by atoms with Gasteiger partial charge in [0.15, 0.2) is 17.4 Å². The van der Waals surface area contributed by atoms with Crippen molar-refractivity contribution in [2.45, 2.75) is 13.0 Å². The average Bonchev–Trinajstić information content (AvgIpc) is 3.21. The molecule has 1 aromatic heterocycles. The highest BCUT2D eigenvalue weighted by Gasteiger charge is 2.14. The molecule has 1 atom stereocenters. The second kappa shape index (κ2) is 8.34. The Morgan fingerprint density at radius 1 is 0.893 bits per heavy atom. The summed E-state index contributed by atoms with van der Waals surface area (Å²) in [5.74, 6) is -2.61. The third-order valence-electron chi connectivity index (χ3n) is 3.85. The monoisotopic (exact) mass is 385 g/mol. The lowest BCUT2D eigenvalue weighted by Gasteiger charge is -2.16. The minimum atomic E-state index is -1.04. The Bertz CT molecular complexity index is 973. The van der Waals surface area contributed by atoms with Crippen LogP contribution in [0.1, 0.15) is 17.5 Å². The fraction of sp³-hybridized carbons (Fsp3) is 0.100. The molecule has 0 spiro atoms. The lowest BCUT2D eigenvalue weighted by atomic mass is 10.2. The summed E-state index contributed by atoms with van der Waals surface area (Å²) in [6.07, 6.45) is 1.41. The molecular formula is C20H17F2N3O3. The largest absolute Gasteiger partial charge is 0.459 e. The van der Waals surface area contributed by atoms with E-state index in [0.29, 0.717) is 11.4 Å². The standard InChI is InChI=1S/C20H17F2N3O3/c1-12(19(26)25-15-8-9-16(21)17(22)11-15)23-13-4-6-14(7-5-13)24-20(27)18-3-2-10-28-18/h2-12,23H,1H3,(H,24,27)(H,25,26). The van der Waals surface area contributed by atoms with Crippen molar-refractivity contribution in [3.8, 4) is 0 Å². The first kappa shape index (κ1) is 19.1. The first-order chi connectivity index (χ1) is 13.4. The maximum atomic E-state index is 13.2. The predicted molar refractivity (Wildman–Crippen MR) is 101 cm³/mol. The second-order valence-corrected chi connectivity index (χ2v) is 5.99. The van der Waals surface area contributed by atoms with E-state index < -0.39 is 23.6 Å². The molecule has 1 heterocycles. The van der Waals surface area contributed by atoms with Crippen molar-refractivity contribution in [3.05, 3.63) is 78.3 Å². The van der Waals surface area contributed by atoms with Crippen LogP contribution in [0, 0.1) is 11.6 Å². The van der Waals surface area contributed by atoms with Crippen LogP contribution in [0.2, 0.25) is 0 Å². The summed E-state index contributed by atoms with van der Waals surface area (Å²) in [5.41, 5.74) is 1.36. The van der Waals surface area contributed by atoms with Crippen LogP contribution < -0.4 is 16.0 Å². The molecule has 144 valence electrons. The zero-order chi connectivity index (χ0) is 20.1. The van der Waals surface area contributed by atoms with E-state index >= 15 is 0 Å². The van der Waals surface area contributed by atoms with Crippen LogP contribution in [0.4, 0.5) is 25.8 Å². The number of carbonyl (C=O) groups excluding carboxylic acids is 2. The van der Waals surface area contributed by atoms with Gasteiger partial charge >= 0.3 is 0 Å². The fourth-order valence-electron chi connectivity index (χ4n) is 2.39. The first-order valence-corrected chi connectivity index (χ1v) is 8.40. The number of anilines is 3. The number of benzene rings is 2. The molecule has 2 amide bonds. The van der Waals surface area contributed by atoms with Crippen molar-refractivity contribution < 1.29 is 22.8 Å². The highest BCUT2D eigenvalue weighted by atomic mass is 19.2. The molecule has 3 aromatic rings. The van der Waals surface area contributed by atoms with Gasteiger partial charge in [-0.2, -0.15) is 0 Å². The molecule has 0 aliphatic rings. The molecule has 6 nitrogen and oxygen atoms in total. The Balaban J connectivity index is 1.56. The SMILES string of the molecule is CC(Nc1ccc(NC(=O)c2ccco2)cc1)C(=O)Nc1ccc(F)c(F)c1. The van der Waals surface area contributed by atoms with Crippen LogP contribution in [0.25, 0.3) is 0 Å². The molecular weight excluding hydrogens is 368 g/mol. The summed E-state index contributed by atoms with van der Waals surface area (Å²) < 4.78 is 31.2. The number of carbonyl (C=O) groups is 2. The van der Waals surface area contributed by atoms with Crippen LogP contribution in [0.5, 0.6) is 0 Å². The predicted octanol–water partition coefficient (Wildman–Crippen LogP) is 4.25. The summed E-state index contributed by atoms with van der Waals surface area (Å²) in [5, 5.41) is 8.18. The molecule has 0 aliphatic heterocycles. The van der Waals surface area contributed by atoms with E-state index in [4.69, 9.17) is 4.42 Å². The number of furan rings is 1. The molecule has 0 aliphatic carbocycles. The third-order valence-corrected chi connectivity index (χ3v) is 3.85. The minimum absolute atomic E-state index is 0.161. The number of hydrogen-bond acceptors (Lipinski definition) is 4. The van der Waals surface area contributed by atoms with Crippen LogP contribution >= 0.6 is 0 Å². The minimum Gasteiger partial charge on any atom is -0.459 e. The van der Waals surface area contributed by atoms with E-state index in [0.717, 1.165) is 12.1 Å². The van der Waals surface area contributed by atoms with Gasteiger partial charge in [0, 0.05) is 23.1 Å². The van der Waals surface area contributed by atoms with Crippen molar-refractivity contribution >= 4 is 28.9 Å². The van der Waals surface area contributed by atoms with E-state index in [9.17, 15) is 18.4 Å². The topological polar surface area (TPSA) is 83.4 Å². The summed E-state index contributed by atoms with van der Waals surface area (Å²) in [6, 6.07) is 12.4. The van der Waals surface area contributed by atoms with Gasteiger partial charge in [0.2, 0.25) is 5.91 Å². The number of rotatable bonds is 6. The van der Waals surface area contributed by atoms with E-state index in [-0.39, 0.29) is 17.4 Å². The molecule has 8 heteroatoms. The Hall–Kier alpha value is -3.68. The van der Waals surface area contributed by atoms with Crippen LogP contribution in [-0.2, 0) is 4.79 Å². The van der Waals surface area contributed by atoms with Crippen LogP contribution in [0.15, 0.2) is 65.3 Å². The summed E-state index contributed by atoms with van der Waals surface area (Å²) in [4.78, 5) is 24.1.